The predicted molar refractivity (Wildman–Crippen MR) is 95.1 cm³/mol. The highest BCUT2D eigenvalue weighted by Crippen LogP contribution is 2.31. The third kappa shape index (κ3) is 2.79. The summed E-state index contributed by atoms with van der Waals surface area (Å²) in [6, 6.07) is 11.3. The Morgan fingerprint density at radius 2 is 2.05 bits per heavy atom. The molecule has 0 fully saturated rings. The Morgan fingerprint density at radius 3 is 2.81 bits per heavy atom. The summed E-state index contributed by atoms with van der Waals surface area (Å²) in [6.07, 6.45) is 0. The van der Waals surface area contributed by atoms with E-state index in [4.69, 9.17) is 18.0 Å². The molecular formula is C15H10BrFN2S2. The largest absolute Gasteiger partial charge is 0.389 e. The van der Waals surface area contributed by atoms with E-state index in [-0.39, 0.29) is 9.46 Å². The highest BCUT2D eigenvalue weighted by atomic mass is 79.9. The number of halogens is 2. The van der Waals surface area contributed by atoms with Crippen LogP contribution >= 0.6 is 39.5 Å². The maximum Gasteiger partial charge on any atom is 0.161 e. The second-order valence-corrected chi connectivity index (χ2v) is 6.63. The first kappa shape index (κ1) is 14.4. The number of nitrogens with one attached hydrogen (secondary N) is 1. The first-order valence-corrected chi connectivity index (χ1v) is 8.16. The lowest BCUT2D eigenvalue weighted by Crippen LogP contribution is -2.11. The molecule has 21 heavy (non-hydrogen) atoms. The summed E-state index contributed by atoms with van der Waals surface area (Å²) in [6.45, 7) is 0. The van der Waals surface area contributed by atoms with E-state index in [2.05, 4.69) is 21.2 Å². The van der Waals surface area contributed by atoms with Gasteiger partial charge in [0.15, 0.2) is 5.82 Å². The number of thiocarbonyl (C=S) groups is 1. The zero-order valence-corrected chi connectivity index (χ0v) is 13.9. The fraction of sp³-hybridized carbons (Fsp3) is 0. The van der Waals surface area contributed by atoms with Crippen molar-refractivity contribution in [3.8, 4) is 0 Å². The molecule has 0 amide bonds. The van der Waals surface area contributed by atoms with Gasteiger partial charge in [-0.05, 0) is 63.1 Å². The van der Waals surface area contributed by atoms with E-state index in [1.165, 1.54) is 4.70 Å². The molecule has 3 aromatic rings. The van der Waals surface area contributed by atoms with E-state index >= 15 is 0 Å². The molecule has 1 heterocycles. The molecule has 3 rings (SSSR count). The molecule has 0 atom stereocenters. The van der Waals surface area contributed by atoms with Crippen molar-refractivity contribution in [3.05, 3.63) is 57.6 Å². The van der Waals surface area contributed by atoms with Crippen LogP contribution in [0.25, 0.3) is 10.1 Å². The molecule has 1 aromatic heterocycles. The fourth-order valence-electron chi connectivity index (χ4n) is 2.04. The molecule has 0 saturated heterocycles. The minimum absolute atomic E-state index is 0.159. The van der Waals surface area contributed by atoms with E-state index in [9.17, 15) is 4.39 Å². The van der Waals surface area contributed by atoms with Crippen LogP contribution in [0.15, 0.2) is 46.3 Å². The minimum atomic E-state index is -0.411. The lowest BCUT2D eigenvalue weighted by Gasteiger charge is -2.11. The summed E-state index contributed by atoms with van der Waals surface area (Å²) in [5.74, 6) is -0.411. The molecule has 3 N–H and O–H groups in total. The van der Waals surface area contributed by atoms with Crippen LogP contribution in [0, 0.1) is 5.82 Å². The van der Waals surface area contributed by atoms with Crippen LogP contribution in [0.1, 0.15) is 5.56 Å². The van der Waals surface area contributed by atoms with Crippen LogP contribution in [0.2, 0.25) is 0 Å². The van der Waals surface area contributed by atoms with Gasteiger partial charge in [0.1, 0.15) is 4.99 Å². The number of benzene rings is 2. The quantitative estimate of drug-likeness (QED) is 0.614. The van der Waals surface area contributed by atoms with Crippen molar-refractivity contribution in [1.29, 1.82) is 0 Å². The maximum absolute atomic E-state index is 14.3. The molecule has 6 heteroatoms. The molecule has 0 aliphatic heterocycles. The Labute approximate surface area is 138 Å². The SMILES string of the molecule is NC(=S)c1ccc(Nc2ccc3sccc3c2)c(F)c1Br. The van der Waals surface area contributed by atoms with Crippen LogP contribution < -0.4 is 11.1 Å². The first-order chi connectivity index (χ1) is 10.1. The summed E-state index contributed by atoms with van der Waals surface area (Å²) < 4.78 is 15.8. The number of fused-ring (bicyclic) bond motifs is 1. The topological polar surface area (TPSA) is 38.0 Å². The Bertz CT molecular complexity index is 845. The molecule has 0 bridgehead atoms. The number of nitrogens with two attached hydrogens (primary N) is 1. The summed E-state index contributed by atoms with van der Waals surface area (Å²) >= 11 is 9.76. The molecule has 106 valence electrons. The third-order valence-corrected chi connectivity index (χ3v) is 4.97. The van der Waals surface area contributed by atoms with Crippen LogP contribution in [-0.2, 0) is 0 Å². The van der Waals surface area contributed by atoms with Gasteiger partial charge in [-0.2, -0.15) is 0 Å². The molecule has 2 aromatic carbocycles. The van der Waals surface area contributed by atoms with Crippen molar-refractivity contribution in [2.75, 3.05) is 5.32 Å². The molecule has 0 aliphatic rings. The molecule has 2 nitrogen and oxygen atoms in total. The maximum atomic E-state index is 14.3. The molecular weight excluding hydrogens is 371 g/mol. The molecule has 0 radical (unpaired) electrons. The van der Waals surface area contributed by atoms with Crippen LogP contribution in [0.4, 0.5) is 15.8 Å². The van der Waals surface area contributed by atoms with Gasteiger partial charge >= 0.3 is 0 Å². The second-order valence-electron chi connectivity index (χ2n) is 4.45. The van der Waals surface area contributed by atoms with E-state index in [0.717, 1.165) is 11.1 Å². The number of hydrogen-bond donors (Lipinski definition) is 2. The normalized spacial score (nSPS) is 10.8. The number of hydrogen-bond acceptors (Lipinski definition) is 3. The predicted octanol–water partition coefficient (Wildman–Crippen LogP) is 5.18. The summed E-state index contributed by atoms with van der Waals surface area (Å²) in [7, 11) is 0. The van der Waals surface area contributed by atoms with Crippen LogP contribution in [-0.4, -0.2) is 4.99 Å². The monoisotopic (exact) mass is 380 g/mol. The number of rotatable bonds is 3. The standard InChI is InChI=1S/C15H10BrFN2S2/c16-13-10(15(18)20)2-3-11(14(13)17)19-9-1-4-12-8(7-9)5-6-21-12/h1-7,19H,(H2,18,20). The van der Waals surface area contributed by atoms with E-state index in [0.29, 0.717) is 11.3 Å². The molecule has 0 aliphatic carbocycles. The van der Waals surface area contributed by atoms with Gasteiger partial charge in [-0.25, -0.2) is 4.39 Å². The Balaban J connectivity index is 1.97. The summed E-state index contributed by atoms with van der Waals surface area (Å²) in [5.41, 5.74) is 7.24. The molecule has 0 saturated carbocycles. The van der Waals surface area contributed by atoms with Crippen molar-refractivity contribution in [2.45, 2.75) is 0 Å². The van der Waals surface area contributed by atoms with Crippen LogP contribution in [0.5, 0.6) is 0 Å². The van der Waals surface area contributed by atoms with Gasteiger partial charge in [-0.3, -0.25) is 0 Å². The van der Waals surface area contributed by atoms with Gasteiger partial charge in [-0.1, -0.05) is 12.2 Å². The van der Waals surface area contributed by atoms with Crippen molar-refractivity contribution in [3.63, 3.8) is 0 Å². The Morgan fingerprint density at radius 1 is 1.24 bits per heavy atom. The lowest BCUT2D eigenvalue weighted by atomic mass is 10.2. The van der Waals surface area contributed by atoms with Gasteiger partial charge < -0.3 is 11.1 Å². The number of anilines is 2. The lowest BCUT2D eigenvalue weighted by molar-refractivity contribution is 0.625. The first-order valence-electron chi connectivity index (χ1n) is 6.08. The van der Waals surface area contributed by atoms with Gasteiger partial charge in [0, 0.05) is 16.0 Å². The van der Waals surface area contributed by atoms with Crippen molar-refractivity contribution >= 4 is 65.9 Å². The zero-order valence-electron chi connectivity index (χ0n) is 10.7. The van der Waals surface area contributed by atoms with Gasteiger partial charge in [0.2, 0.25) is 0 Å². The second kappa shape index (κ2) is 5.71. The molecule has 0 unspecified atom stereocenters. The number of thiophene rings is 1. The van der Waals surface area contributed by atoms with E-state index < -0.39 is 5.82 Å². The highest BCUT2D eigenvalue weighted by molar-refractivity contribution is 9.10. The fourth-order valence-corrected chi connectivity index (χ4v) is 3.67. The third-order valence-electron chi connectivity index (χ3n) is 3.08. The van der Waals surface area contributed by atoms with E-state index in [1.54, 1.807) is 23.5 Å². The Kier molecular flexibility index (Phi) is 3.93. The van der Waals surface area contributed by atoms with Crippen molar-refractivity contribution in [1.82, 2.24) is 0 Å². The highest BCUT2D eigenvalue weighted by Gasteiger charge is 2.13. The zero-order chi connectivity index (χ0) is 15.0. The average molecular weight is 381 g/mol. The summed E-state index contributed by atoms with van der Waals surface area (Å²) in [4.78, 5) is 0.159. The van der Waals surface area contributed by atoms with Crippen molar-refractivity contribution < 1.29 is 4.39 Å². The van der Waals surface area contributed by atoms with Crippen molar-refractivity contribution in [2.24, 2.45) is 5.73 Å². The smallest absolute Gasteiger partial charge is 0.161 e. The average Bonchev–Trinajstić information content (AvgIpc) is 2.91. The van der Waals surface area contributed by atoms with Gasteiger partial charge in [0.05, 0.1) is 10.2 Å². The minimum Gasteiger partial charge on any atom is -0.389 e. The van der Waals surface area contributed by atoms with Gasteiger partial charge in [0.25, 0.3) is 0 Å². The van der Waals surface area contributed by atoms with Gasteiger partial charge in [-0.15, -0.1) is 11.3 Å². The Hall–Kier alpha value is -1.50. The summed E-state index contributed by atoms with van der Waals surface area (Å²) in [5, 5.41) is 6.24. The van der Waals surface area contributed by atoms with E-state index in [1.807, 2.05) is 29.6 Å². The van der Waals surface area contributed by atoms with Crippen LogP contribution in [0.3, 0.4) is 0 Å². The molecule has 0 spiro atoms.